The van der Waals surface area contributed by atoms with Crippen molar-refractivity contribution in [2.24, 2.45) is 0 Å². The van der Waals surface area contributed by atoms with E-state index in [0.717, 1.165) is 19.3 Å². The van der Waals surface area contributed by atoms with Gasteiger partial charge in [-0.3, -0.25) is 4.79 Å². The van der Waals surface area contributed by atoms with E-state index in [2.05, 4.69) is 0 Å². The Morgan fingerprint density at radius 3 is 2.33 bits per heavy atom. The van der Waals surface area contributed by atoms with E-state index < -0.39 is 11.4 Å². The average Bonchev–Trinajstić information content (AvgIpc) is 2.50. The molecule has 21 heavy (non-hydrogen) atoms. The molecule has 0 saturated heterocycles. The second-order valence-electron chi connectivity index (χ2n) is 5.27. The Bertz CT molecular complexity index is 549. The average molecular weight is 315 g/mol. The Balaban J connectivity index is 2.66. The van der Waals surface area contributed by atoms with Gasteiger partial charge in [-0.1, -0.05) is 30.9 Å². The fourth-order valence-corrected chi connectivity index (χ4v) is 3.33. The number of halogens is 1. The molecule has 1 aromatic rings. The minimum absolute atomic E-state index is 0.0157. The van der Waals surface area contributed by atoms with Gasteiger partial charge in [0.05, 0.1) is 19.6 Å². The molecule has 0 amide bonds. The molecule has 0 heterocycles. The molecule has 1 aliphatic carbocycles. The number of hydrogen-bond acceptors (Lipinski definition) is 4. The summed E-state index contributed by atoms with van der Waals surface area (Å²) in [4.78, 5) is 11.9. The van der Waals surface area contributed by atoms with Crippen LogP contribution >= 0.6 is 11.6 Å². The molecule has 1 aromatic carbocycles. The third-order valence-electron chi connectivity index (χ3n) is 4.22. The van der Waals surface area contributed by atoms with Gasteiger partial charge >= 0.3 is 5.97 Å². The van der Waals surface area contributed by atoms with E-state index >= 15 is 0 Å². The number of hydrogen-bond donors (Lipinski definition) is 2. The number of aliphatic carboxylic acids is 1. The largest absolute Gasteiger partial charge is 0.506 e. The molecular weight excluding hydrogens is 296 g/mol. The zero-order valence-electron chi connectivity index (χ0n) is 12.1. The molecule has 6 heteroatoms. The SMILES string of the molecule is COc1cc(C2(C(=O)O)CCCCC2)c(O)c(Cl)c1OC. The number of carbonyl (C=O) groups is 1. The van der Waals surface area contributed by atoms with Gasteiger partial charge in [0.1, 0.15) is 10.8 Å². The van der Waals surface area contributed by atoms with Crippen molar-refractivity contribution < 1.29 is 24.5 Å². The molecule has 0 bridgehead atoms. The summed E-state index contributed by atoms with van der Waals surface area (Å²) in [5.41, 5.74) is -0.816. The highest BCUT2D eigenvalue weighted by molar-refractivity contribution is 6.34. The van der Waals surface area contributed by atoms with Crippen molar-refractivity contribution in [2.75, 3.05) is 14.2 Å². The first-order valence-corrected chi connectivity index (χ1v) is 7.23. The first kappa shape index (κ1) is 15.8. The van der Waals surface area contributed by atoms with E-state index in [1.54, 1.807) is 0 Å². The van der Waals surface area contributed by atoms with E-state index in [4.69, 9.17) is 21.1 Å². The van der Waals surface area contributed by atoms with Crippen molar-refractivity contribution in [3.63, 3.8) is 0 Å². The molecule has 0 unspecified atom stereocenters. The topological polar surface area (TPSA) is 76.0 Å². The zero-order valence-corrected chi connectivity index (χ0v) is 12.9. The maximum absolute atomic E-state index is 11.9. The van der Waals surface area contributed by atoms with Gasteiger partial charge < -0.3 is 19.7 Å². The summed E-state index contributed by atoms with van der Waals surface area (Å²) in [6.07, 6.45) is 3.55. The van der Waals surface area contributed by atoms with Crippen molar-refractivity contribution in [3.8, 4) is 17.2 Å². The highest BCUT2D eigenvalue weighted by Gasteiger charge is 2.44. The van der Waals surface area contributed by atoms with Crippen LogP contribution in [0.4, 0.5) is 0 Å². The quantitative estimate of drug-likeness (QED) is 0.891. The monoisotopic (exact) mass is 314 g/mol. The normalized spacial score (nSPS) is 17.3. The van der Waals surface area contributed by atoms with Gasteiger partial charge in [0.25, 0.3) is 0 Å². The Morgan fingerprint density at radius 1 is 1.24 bits per heavy atom. The predicted molar refractivity (Wildman–Crippen MR) is 78.6 cm³/mol. The fourth-order valence-electron chi connectivity index (χ4n) is 3.06. The number of methoxy groups -OCH3 is 2. The van der Waals surface area contributed by atoms with Crippen molar-refractivity contribution in [2.45, 2.75) is 37.5 Å². The fraction of sp³-hybridized carbons (Fsp3) is 0.533. The molecule has 1 saturated carbocycles. The molecule has 2 N–H and O–H groups in total. The smallest absolute Gasteiger partial charge is 0.314 e. The second-order valence-corrected chi connectivity index (χ2v) is 5.65. The highest BCUT2D eigenvalue weighted by Crippen LogP contribution is 2.51. The molecule has 0 atom stereocenters. The third kappa shape index (κ3) is 2.50. The molecule has 0 spiro atoms. The van der Waals surface area contributed by atoms with Crippen molar-refractivity contribution in [3.05, 3.63) is 16.7 Å². The number of phenolic OH excluding ortho intramolecular Hbond substituents is 1. The number of ether oxygens (including phenoxy) is 2. The molecule has 0 radical (unpaired) electrons. The minimum atomic E-state index is -1.12. The van der Waals surface area contributed by atoms with Crippen LogP contribution in [-0.4, -0.2) is 30.4 Å². The summed E-state index contributed by atoms with van der Waals surface area (Å²) in [6, 6.07) is 1.53. The van der Waals surface area contributed by atoms with Gasteiger partial charge in [-0.25, -0.2) is 0 Å². The van der Waals surface area contributed by atoms with E-state index in [1.807, 2.05) is 0 Å². The number of carboxylic acid groups (broad SMARTS) is 1. The number of aromatic hydroxyl groups is 1. The van der Waals surface area contributed by atoms with E-state index in [0.29, 0.717) is 24.2 Å². The molecule has 5 nitrogen and oxygen atoms in total. The van der Waals surface area contributed by atoms with E-state index in [-0.39, 0.29) is 16.5 Å². The summed E-state index contributed by atoms with van der Waals surface area (Å²) in [6.45, 7) is 0. The molecule has 1 fully saturated rings. The van der Waals surface area contributed by atoms with Gasteiger partial charge in [0.2, 0.25) is 0 Å². The number of phenols is 1. The van der Waals surface area contributed by atoms with Crippen LogP contribution in [0.3, 0.4) is 0 Å². The van der Waals surface area contributed by atoms with Crippen LogP contribution in [0.5, 0.6) is 17.2 Å². The molecule has 0 aliphatic heterocycles. The maximum Gasteiger partial charge on any atom is 0.314 e. The lowest BCUT2D eigenvalue weighted by molar-refractivity contribution is -0.145. The lowest BCUT2D eigenvalue weighted by atomic mass is 9.69. The molecule has 2 rings (SSSR count). The molecule has 116 valence electrons. The Morgan fingerprint density at radius 2 is 1.86 bits per heavy atom. The van der Waals surface area contributed by atoms with Crippen molar-refractivity contribution in [1.82, 2.24) is 0 Å². The Hall–Kier alpha value is -1.62. The Kier molecular flexibility index (Phi) is 4.52. The van der Waals surface area contributed by atoms with Gasteiger partial charge in [-0.2, -0.15) is 0 Å². The number of carboxylic acids is 1. The van der Waals surface area contributed by atoms with Crippen molar-refractivity contribution >= 4 is 17.6 Å². The van der Waals surface area contributed by atoms with Gasteiger partial charge in [0, 0.05) is 5.56 Å². The van der Waals surface area contributed by atoms with Crippen LogP contribution in [-0.2, 0) is 10.2 Å². The van der Waals surface area contributed by atoms with Crippen LogP contribution < -0.4 is 9.47 Å². The standard InChI is InChI=1S/C15H19ClO5/c1-20-10-8-9(12(17)11(16)13(10)21-2)15(14(18)19)6-4-3-5-7-15/h8,17H,3-7H2,1-2H3,(H,18,19). The predicted octanol–water partition coefficient (Wildman–Crippen LogP) is 3.35. The zero-order chi connectivity index (χ0) is 15.6. The molecule has 0 aromatic heterocycles. The van der Waals surface area contributed by atoms with E-state index in [9.17, 15) is 15.0 Å². The third-order valence-corrected chi connectivity index (χ3v) is 4.57. The second kappa shape index (κ2) is 6.02. The van der Waals surface area contributed by atoms with Gasteiger partial charge in [-0.15, -0.1) is 0 Å². The molecule has 1 aliphatic rings. The van der Waals surface area contributed by atoms with Crippen LogP contribution in [0.1, 0.15) is 37.7 Å². The first-order valence-electron chi connectivity index (χ1n) is 6.85. The summed E-state index contributed by atoms with van der Waals surface area (Å²) < 4.78 is 10.3. The number of rotatable bonds is 4. The van der Waals surface area contributed by atoms with E-state index in [1.165, 1.54) is 20.3 Å². The number of benzene rings is 1. The summed E-state index contributed by atoms with van der Waals surface area (Å²) in [7, 11) is 2.86. The van der Waals surface area contributed by atoms with Gasteiger partial charge in [0.15, 0.2) is 11.5 Å². The first-order chi connectivity index (χ1) is 9.97. The maximum atomic E-state index is 11.9. The van der Waals surface area contributed by atoms with Crippen LogP contribution in [0.15, 0.2) is 6.07 Å². The van der Waals surface area contributed by atoms with Crippen LogP contribution in [0.25, 0.3) is 0 Å². The Labute approximate surface area is 128 Å². The van der Waals surface area contributed by atoms with Crippen LogP contribution in [0, 0.1) is 0 Å². The summed E-state index contributed by atoms with van der Waals surface area (Å²) in [5, 5.41) is 20.1. The molecular formula is C15H19ClO5. The lowest BCUT2D eigenvalue weighted by Crippen LogP contribution is -2.38. The lowest BCUT2D eigenvalue weighted by Gasteiger charge is -2.34. The van der Waals surface area contributed by atoms with Gasteiger partial charge in [-0.05, 0) is 18.9 Å². The van der Waals surface area contributed by atoms with Crippen molar-refractivity contribution in [1.29, 1.82) is 0 Å². The minimum Gasteiger partial charge on any atom is -0.506 e. The van der Waals surface area contributed by atoms with Crippen LogP contribution in [0.2, 0.25) is 5.02 Å². The highest BCUT2D eigenvalue weighted by atomic mass is 35.5. The summed E-state index contributed by atoms with van der Waals surface area (Å²) in [5.74, 6) is -0.655. The summed E-state index contributed by atoms with van der Waals surface area (Å²) >= 11 is 6.12.